The van der Waals surface area contributed by atoms with Gasteiger partial charge in [0.25, 0.3) is 0 Å². The lowest BCUT2D eigenvalue weighted by molar-refractivity contribution is 0.0371. The van der Waals surface area contributed by atoms with E-state index in [9.17, 15) is 5.11 Å². The summed E-state index contributed by atoms with van der Waals surface area (Å²) in [6, 6.07) is 0. The van der Waals surface area contributed by atoms with E-state index in [1.807, 2.05) is 13.8 Å². The fourth-order valence-corrected chi connectivity index (χ4v) is 2.86. The molecule has 1 saturated carbocycles. The van der Waals surface area contributed by atoms with Crippen LogP contribution in [0.5, 0.6) is 0 Å². The molecule has 1 heterocycles. The fraction of sp³-hybridized carbons (Fsp3) is 0.727. The fourth-order valence-electron chi connectivity index (χ4n) is 1.77. The summed E-state index contributed by atoms with van der Waals surface area (Å²) in [5, 5.41) is 11.3. The maximum absolute atomic E-state index is 10.2. The number of nitrogens with zero attached hydrogens (tertiary/aromatic N) is 1. The van der Waals surface area contributed by atoms with E-state index in [2.05, 4.69) is 11.9 Å². The Morgan fingerprint density at radius 2 is 2.14 bits per heavy atom. The quantitative estimate of drug-likeness (QED) is 0.833. The van der Waals surface area contributed by atoms with Crippen LogP contribution in [-0.2, 0) is 6.42 Å². The molecule has 0 saturated heterocycles. The zero-order valence-corrected chi connectivity index (χ0v) is 9.82. The maximum Gasteiger partial charge on any atom is 0.0959 e. The van der Waals surface area contributed by atoms with Crippen LogP contribution in [0, 0.1) is 19.8 Å². The van der Waals surface area contributed by atoms with Gasteiger partial charge < -0.3 is 5.11 Å². The van der Waals surface area contributed by atoms with Crippen LogP contribution in [0.15, 0.2) is 0 Å². The first-order valence-electron chi connectivity index (χ1n) is 5.14. The second-order valence-corrected chi connectivity index (χ2v) is 5.85. The number of aliphatic hydroxyl groups is 1. The van der Waals surface area contributed by atoms with Gasteiger partial charge in [-0.3, -0.25) is 0 Å². The molecular formula is C11H17NOS. The molecule has 1 fully saturated rings. The first-order valence-corrected chi connectivity index (χ1v) is 5.96. The van der Waals surface area contributed by atoms with Crippen LogP contribution < -0.4 is 0 Å². The second-order valence-electron chi connectivity index (χ2n) is 4.56. The lowest BCUT2D eigenvalue weighted by Crippen LogP contribution is -2.29. The van der Waals surface area contributed by atoms with E-state index in [-0.39, 0.29) is 0 Å². The second kappa shape index (κ2) is 3.31. The average molecular weight is 211 g/mol. The van der Waals surface area contributed by atoms with E-state index >= 15 is 0 Å². The van der Waals surface area contributed by atoms with Crippen LogP contribution >= 0.6 is 11.3 Å². The van der Waals surface area contributed by atoms with Crippen molar-refractivity contribution in [3.05, 3.63) is 15.6 Å². The molecule has 0 aromatic carbocycles. The molecule has 3 heteroatoms. The molecule has 1 aliphatic carbocycles. The van der Waals surface area contributed by atoms with Crippen molar-refractivity contribution in [1.29, 1.82) is 0 Å². The van der Waals surface area contributed by atoms with Crippen molar-refractivity contribution in [3.8, 4) is 0 Å². The van der Waals surface area contributed by atoms with Gasteiger partial charge in [-0.2, -0.15) is 0 Å². The third kappa shape index (κ3) is 1.98. The highest BCUT2D eigenvalue weighted by atomic mass is 32.1. The van der Waals surface area contributed by atoms with Crippen LogP contribution in [0.25, 0.3) is 0 Å². The first-order chi connectivity index (χ1) is 6.49. The Bertz CT molecular complexity index is 320. The minimum Gasteiger partial charge on any atom is -0.389 e. The molecule has 0 spiro atoms. The normalized spacial score (nSPS) is 20.9. The highest BCUT2D eigenvalue weighted by Crippen LogP contribution is 2.41. The number of rotatable bonds is 3. The Morgan fingerprint density at radius 3 is 2.57 bits per heavy atom. The zero-order chi connectivity index (χ0) is 10.3. The third-order valence-electron chi connectivity index (χ3n) is 3.04. The summed E-state index contributed by atoms with van der Waals surface area (Å²) in [5.41, 5.74) is 0.577. The SMILES string of the molecule is Cc1nc(CC(C)(O)C2CC2)sc1C. The molecule has 14 heavy (non-hydrogen) atoms. The number of aryl methyl sites for hydroxylation is 2. The summed E-state index contributed by atoms with van der Waals surface area (Å²) in [4.78, 5) is 5.73. The van der Waals surface area contributed by atoms with Crippen molar-refractivity contribution in [2.75, 3.05) is 0 Å². The van der Waals surface area contributed by atoms with Crippen molar-refractivity contribution in [2.45, 2.75) is 45.6 Å². The largest absolute Gasteiger partial charge is 0.389 e. The first kappa shape index (κ1) is 10.1. The van der Waals surface area contributed by atoms with Gasteiger partial charge in [0, 0.05) is 11.3 Å². The molecule has 1 N–H and O–H groups in total. The van der Waals surface area contributed by atoms with Crippen LogP contribution in [0.2, 0.25) is 0 Å². The van der Waals surface area contributed by atoms with E-state index < -0.39 is 5.60 Å². The van der Waals surface area contributed by atoms with E-state index in [1.54, 1.807) is 11.3 Å². The Morgan fingerprint density at radius 1 is 1.50 bits per heavy atom. The maximum atomic E-state index is 10.2. The Labute approximate surface area is 89.0 Å². The van der Waals surface area contributed by atoms with Crippen molar-refractivity contribution in [1.82, 2.24) is 4.98 Å². The molecule has 0 aliphatic heterocycles. The van der Waals surface area contributed by atoms with Gasteiger partial charge in [0.05, 0.1) is 16.3 Å². The summed E-state index contributed by atoms with van der Waals surface area (Å²) < 4.78 is 0. The molecule has 2 nitrogen and oxygen atoms in total. The molecule has 1 unspecified atom stereocenters. The lowest BCUT2D eigenvalue weighted by Gasteiger charge is -2.21. The summed E-state index contributed by atoms with van der Waals surface area (Å²) in [6.07, 6.45) is 3.07. The molecular weight excluding hydrogens is 194 g/mol. The van der Waals surface area contributed by atoms with E-state index in [4.69, 9.17) is 0 Å². The summed E-state index contributed by atoms with van der Waals surface area (Å²) in [6.45, 7) is 6.06. The van der Waals surface area contributed by atoms with Crippen LogP contribution in [-0.4, -0.2) is 15.7 Å². The molecule has 0 bridgehead atoms. The van der Waals surface area contributed by atoms with Gasteiger partial charge in [-0.25, -0.2) is 4.98 Å². The van der Waals surface area contributed by atoms with Gasteiger partial charge in [-0.05, 0) is 39.5 Å². The third-order valence-corrected chi connectivity index (χ3v) is 4.11. The van der Waals surface area contributed by atoms with Crippen LogP contribution in [0.3, 0.4) is 0 Å². The number of aromatic nitrogens is 1. The van der Waals surface area contributed by atoms with Gasteiger partial charge in [-0.15, -0.1) is 11.3 Å². The predicted octanol–water partition coefficient (Wildman–Crippen LogP) is 2.46. The topological polar surface area (TPSA) is 33.1 Å². The average Bonchev–Trinajstić information content (AvgIpc) is 2.81. The van der Waals surface area contributed by atoms with Crippen LogP contribution in [0.4, 0.5) is 0 Å². The van der Waals surface area contributed by atoms with E-state index in [1.165, 1.54) is 17.7 Å². The molecule has 1 aliphatic rings. The highest BCUT2D eigenvalue weighted by Gasteiger charge is 2.40. The summed E-state index contributed by atoms with van der Waals surface area (Å²) in [5.74, 6) is 0.506. The summed E-state index contributed by atoms with van der Waals surface area (Å²) >= 11 is 1.72. The predicted molar refractivity (Wildman–Crippen MR) is 58.6 cm³/mol. The van der Waals surface area contributed by atoms with Crippen molar-refractivity contribution in [3.63, 3.8) is 0 Å². The van der Waals surface area contributed by atoms with Gasteiger partial charge in [0.15, 0.2) is 0 Å². The minimum atomic E-state index is -0.531. The molecule has 1 atom stereocenters. The van der Waals surface area contributed by atoms with Crippen LogP contribution in [0.1, 0.15) is 35.3 Å². The Balaban J connectivity index is 2.09. The van der Waals surface area contributed by atoms with Crippen molar-refractivity contribution in [2.24, 2.45) is 5.92 Å². The van der Waals surface area contributed by atoms with Gasteiger partial charge in [0.2, 0.25) is 0 Å². The Hall–Kier alpha value is -0.410. The molecule has 0 radical (unpaired) electrons. The number of hydrogen-bond donors (Lipinski definition) is 1. The zero-order valence-electron chi connectivity index (χ0n) is 9.00. The Kier molecular flexibility index (Phi) is 2.40. The number of thiazole rings is 1. The molecule has 78 valence electrons. The minimum absolute atomic E-state index is 0.506. The van der Waals surface area contributed by atoms with Gasteiger partial charge in [0.1, 0.15) is 0 Å². The van der Waals surface area contributed by atoms with Gasteiger partial charge >= 0.3 is 0 Å². The molecule has 0 amide bonds. The lowest BCUT2D eigenvalue weighted by atomic mass is 9.97. The molecule has 1 aromatic heterocycles. The molecule has 2 rings (SSSR count). The summed E-state index contributed by atoms with van der Waals surface area (Å²) in [7, 11) is 0. The van der Waals surface area contributed by atoms with Crippen molar-refractivity contribution < 1.29 is 5.11 Å². The standard InChI is InChI=1S/C11H17NOS/c1-7-8(2)14-10(12-7)6-11(3,13)9-4-5-9/h9,13H,4-6H2,1-3H3. The smallest absolute Gasteiger partial charge is 0.0959 e. The van der Waals surface area contributed by atoms with E-state index in [0.717, 1.165) is 17.1 Å². The monoisotopic (exact) mass is 211 g/mol. The number of hydrogen-bond acceptors (Lipinski definition) is 3. The van der Waals surface area contributed by atoms with Gasteiger partial charge in [-0.1, -0.05) is 0 Å². The molecule has 1 aromatic rings. The van der Waals surface area contributed by atoms with Crippen molar-refractivity contribution >= 4 is 11.3 Å². The van der Waals surface area contributed by atoms with E-state index in [0.29, 0.717) is 5.92 Å². The highest BCUT2D eigenvalue weighted by molar-refractivity contribution is 7.11.